The van der Waals surface area contributed by atoms with E-state index in [1.807, 2.05) is 0 Å². The molecule has 0 bridgehead atoms. The molecule has 0 amide bonds. The van der Waals surface area contributed by atoms with Gasteiger partial charge in [0.1, 0.15) is 6.10 Å². The first-order valence-corrected chi connectivity index (χ1v) is 11.7. The zero-order chi connectivity index (χ0) is 32.6. The topological polar surface area (TPSA) is 127 Å². The van der Waals surface area contributed by atoms with Gasteiger partial charge in [-0.15, -0.1) is 0 Å². The van der Waals surface area contributed by atoms with Crippen LogP contribution < -0.4 is 0 Å². The highest BCUT2D eigenvalue weighted by Crippen LogP contribution is 2.53. The molecule has 7 nitrogen and oxygen atoms in total. The van der Waals surface area contributed by atoms with Gasteiger partial charge in [-0.05, 0) is 45.4 Å². The summed E-state index contributed by atoms with van der Waals surface area (Å²) in [6.07, 6.45) is -33.8. The molecule has 0 radical (unpaired) electrons. The maximum absolute atomic E-state index is 12.9. The van der Waals surface area contributed by atoms with Crippen molar-refractivity contribution in [2.45, 2.75) is 106 Å². The summed E-state index contributed by atoms with van der Waals surface area (Å²) in [5.41, 5.74) is -10.2. The van der Waals surface area contributed by atoms with Gasteiger partial charge in [-0.1, -0.05) is 6.58 Å². The SMILES string of the molecule is C=C(C)C(=O)OC1CCC(O)C(C(O)(C(F)(F)F)C(F)(F)F)C1.OC1CCC(O)C(C(O)(C(F)(F)F)C(F)(F)F)C1. The third-order valence-electron chi connectivity index (χ3n) is 6.98. The first-order chi connectivity index (χ1) is 18.1. The van der Waals surface area contributed by atoms with Gasteiger partial charge in [0.2, 0.25) is 0 Å². The predicted molar refractivity (Wildman–Crippen MR) is 112 cm³/mol. The summed E-state index contributed by atoms with van der Waals surface area (Å²) in [5, 5.41) is 46.4. The Hall–Kier alpha value is -1.83. The van der Waals surface area contributed by atoms with Crippen LogP contribution in [0.3, 0.4) is 0 Å². The van der Waals surface area contributed by atoms with E-state index >= 15 is 0 Å². The minimum absolute atomic E-state index is 0.0745. The lowest BCUT2D eigenvalue weighted by atomic mass is 9.73. The fourth-order valence-electron chi connectivity index (χ4n) is 4.67. The van der Waals surface area contributed by atoms with E-state index in [0.29, 0.717) is 0 Å². The van der Waals surface area contributed by atoms with Gasteiger partial charge in [-0.25, -0.2) is 4.79 Å². The van der Waals surface area contributed by atoms with Crippen molar-refractivity contribution in [2.24, 2.45) is 11.8 Å². The van der Waals surface area contributed by atoms with Crippen LogP contribution in [-0.2, 0) is 9.53 Å². The molecule has 0 spiro atoms. The Morgan fingerprint density at radius 3 is 1.34 bits per heavy atom. The zero-order valence-electron chi connectivity index (χ0n) is 21.0. The molecule has 6 unspecified atom stereocenters. The molecule has 0 aromatic carbocycles. The fourth-order valence-corrected chi connectivity index (χ4v) is 4.67. The van der Waals surface area contributed by atoms with E-state index in [2.05, 4.69) is 6.58 Å². The number of esters is 1. The standard InChI is InChI=1S/C13H16F6O4.C9H12F6O3/c1-6(2)10(21)23-7-3-4-9(20)8(5-7)11(22,12(14,15)16)13(17,18)19;10-8(11,12)7(18,9(13,14)15)5-3-4(16)1-2-6(5)17/h7-9,20,22H,1,3-5H2,2H3;4-6,16-18H,1-3H2. The fraction of sp³-hybridized carbons (Fsp3) is 0.864. The van der Waals surface area contributed by atoms with E-state index in [4.69, 9.17) is 14.9 Å². The highest BCUT2D eigenvalue weighted by molar-refractivity contribution is 5.87. The van der Waals surface area contributed by atoms with E-state index in [1.165, 1.54) is 6.92 Å². The van der Waals surface area contributed by atoms with Crippen LogP contribution >= 0.6 is 0 Å². The lowest BCUT2D eigenvalue weighted by Gasteiger charge is -2.44. The predicted octanol–water partition coefficient (Wildman–Crippen LogP) is 3.86. The molecule has 242 valence electrons. The first kappa shape index (κ1) is 37.2. The number of rotatable bonds is 4. The van der Waals surface area contributed by atoms with Crippen molar-refractivity contribution in [1.82, 2.24) is 0 Å². The molecule has 0 saturated heterocycles. The van der Waals surface area contributed by atoms with Gasteiger partial charge in [-0.3, -0.25) is 0 Å². The van der Waals surface area contributed by atoms with Gasteiger partial charge >= 0.3 is 30.7 Å². The smallest absolute Gasteiger partial charge is 0.426 e. The van der Waals surface area contributed by atoms with Gasteiger partial charge in [-0.2, -0.15) is 52.7 Å². The third kappa shape index (κ3) is 7.77. The number of alkyl halides is 12. The Kier molecular flexibility index (Phi) is 11.3. The Labute approximate surface area is 224 Å². The lowest BCUT2D eigenvalue weighted by Crippen LogP contribution is -2.65. The van der Waals surface area contributed by atoms with E-state index in [1.54, 1.807) is 0 Å². The van der Waals surface area contributed by atoms with Crippen molar-refractivity contribution < 1.29 is 87.7 Å². The molecule has 2 aliphatic carbocycles. The summed E-state index contributed by atoms with van der Waals surface area (Å²) in [4.78, 5) is 11.4. The molecule has 2 rings (SSSR count). The Morgan fingerprint density at radius 1 is 0.659 bits per heavy atom. The first-order valence-electron chi connectivity index (χ1n) is 11.7. The molecule has 5 N–H and O–H groups in total. The second-order valence-electron chi connectivity index (χ2n) is 9.96. The lowest BCUT2D eigenvalue weighted by molar-refractivity contribution is -0.395. The normalized spacial score (nSPS) is 28.8. The minimum Gasteiger partial charge on any atom is -0.459 e. The molecule has 0 aliphatic heterocycles. The maximum Gasteiger partial charge on any atom is 0.426 e. The summed E-state index contributed by atoms with van der Waals surface area (Å²) < 4.78 is 157. The zero-order valence-corrected chi connectivity index (χ0v) is 21.0. The molecule has 19 heteroatoms. The third-order valence-corrected chi connectivity index (χ3v) is 6.98. The quantitative estimate of drug-likeness (QED) is 0.181. The number of ether oxygens (including phenoxy) is 1. The molecule has 41 heavy (non-hydrogen) atoms. The molecule has 0 heterocycles. The second-order valence-corrected chi connectivity index (χ2v) is 9.96. The second kappa shape index (κ2) is 12.4. The molecule has 0 aromatic rings. The number of aliphatic hydroxyl groups is 5. The van der Waals surface area contributed by atoms with Crippen LogP contribution in [0.25, 0.3) is 0 Å². The Morgan fingerprint density at radius 2 is 1.00 bits per heavy atom. The van der Waals surface area contributed by atoms with Crippen molar-refractivity contribution in [3.63, 3.8) is 0 Å². The van der Waals surface area contributed by atoms with Crippen LogP contribution in [0, 0.1) is 11.8 Å². The van der Waals surface area contributed by atoms with Crippen molar-refractivity contribution in [3.8, 4) is 0 Å². The largest absolute Gasteiger partial charge is 0.459 e. The molecule has 2 aliphatic rings. The Bertz CT molecular complexity index is 885. The molecule has 2 saturated carbocycles. The molecule has 0 aromatic heterocycles. The highest BCUT2D eigenvalue weighted by Gasteiger charge is 2.76. The Balaban J connectivity index is 0.000000422. The van der Waals surface area contributed by atoms with Gasteiger partial charge in [0.05, 0.1) is 18.3 Å². The highest BCUT2D eigenvalue weighted by atomic mass is 19.4. The number of carbonyl (C=O) groups is 1. The van der Waals surface area contributed by atoms with E-state index in [9.17, 15) is 72.8 Å². The summed E-state index contributed by atoms with van der Waals surface area (Å²) in [6, 6.07) is 0. The maximum atomic E-state index is 12.9. The summed E-state index contributed by atoms with van der Waals surface area (Å²) in [6.45, 7) is 4.51. The molecule has 2 fully saturated rings. The monoisotopic (exact) mass is 632 g/mol. The van der Waals surface area contributed by atoms with E-state index < -0.39 is 104 Å². The summed E-state index contributed by atoms with van der Waals surface area (Å²) in [5.74, 6) is -6.09. The molecular weight excluding hydrogens is 604 g/mol. The van der Waals surface area contributed by atoms with Crippen LogP contribution in [-0.4, -0.2) is 91.8 Å². The number of hydrogen-bond acceptors (Lipinski definition) is 7. The van der Waals surface area contributed by atoms with Crippen molar-refractivity contribution in [3.05, 3.63) is 12.2 Å². The summed E-state index contributed by atoms with van der Waals surface area (Å²) in [7, 11) is 0. The van der Waals surface area contributed by atoms with E-state index in [0.717, 1.165) is 0 Å². The van der Waals surface area contributed by atoms with Gasteiger partial charge in [0.15, 0.2) is 0 Å². The van der Waals surface area contributed by atoms with Crippen molar-refractivity contribution >= 4 is 5.97 Å². The van der Waals surface area contributed by atoms with Crippen LogP contribution in [0.2, 0.25) is 0 Å². The van der Waals surface area contributed by atoms with Crippen LogP contribution in [0.5, 0.6) is 0 Å². The number of halogens is 12. The van der Waals surface area contributed by atoms with Crippen LogP contribution in [0.15, 0.2) is 12.2 Å². The average Bonchev–Trinajstić information content (AvgIpc) is 2.78. The van der Waals surface area contributed by atoms with Crippen molar-refractivity contribution in [2.75, 3.05) is 0 Å². The number of carbonyl (C=O) groups excluding carboxylic acids is 1. The van der Waals surface area contributed by atoms with Crippen LogP contribution in [0.1, 0.15) is 45.4 Å². The van der Waals surface area contributed by atoms with Crippen molar-refractivity contribution in [1.29, 1.82) is 0 Å². The number of aliphatic hydroxyl groups excluding tert-OH is 3. The molecule has 6 atom stereocenters. The van der Waals surface area contributed by atoms with Crippen LogP contribution in [0.4, 0.5) is 52.7 Å². The van der Waals surface area contributed by atoms with Gasteiger partial charge in [0.25, 0.3) is 11.2 Å². The summed E-state index contributed by atoms with van der Waals surface area (Å²) >= 11 is 0. The average molecular weight is 632 g/mol. The molecular formula is C22H28F12O7. The number of hydrogen-bond donors (Lipinski definition) is 5. The minimum atomic E-state index is -6.04. The van der Waals surface area contributed by atoms with Gasteiger partial charge in [0, 0.05) is 17.4 Å². The van der Waals surface area contributed by atoms with E-state index in [-0.39, 0.29) is 18.4 Å². The van der Waals surface area contributed by atoms with Gasteiger partial charge < -0.3 is 30.3 Å².